The number of rotatable bonds is 10. The van der Waals surface area contributed by atoms with Crippen LogP contribution in [0.5, 0.6) is 23.0 Å². The Morgan fingerprint density at radius 1 is 1.15 bits per heavy atom. The van der Waals surface area contributed by atoms with Crippen molar-refractivity contribution in [3.63, 3.8) is 0 Å². The van der Waals surface area contributed by atoms with Gasteiger partial charge in [-0.2, -0.15) is 5.10 Å². The Kier molecular flexibility index (Phi) is 8.19. The lowest BCUT2D eigenvalue weighted by Gasteiger charge is -2.16. The van der Waals surface area contributed by atoms with Crippen LogP contribution in [0.1, 0.15) is 6.42 Å². The predicted molar refractivity (Wildman–Crippen MR) is 155 cm³/mol. The van der Waals surface area contributed by atoms with E-state index in [4.69, 9.17) is 14.6 Å². The summed E-state index contributed by atoms with van der Waals surface area (Å²) in [5.41, 5.74) is 0.448. The average molecular weight is 578 g/mol. The van der Waals surface area contributed by atoms with E-state index < -0.39 is 10.0 Å². The number of carbonyl (C=O) groups excluding carboxylic acids is 1. The molecule has 4 N–H and O–H groups in total. The molecule has 0 aliphatic carbocycles. The normalized spacial score (nSPS) is 15.6. The van der Waals surface area contributed by atoms with E-state index in [2.05, 4.69) is 20.5 Å². The summed E-state index contributed by atoms with van der Waals surface area (Å²) >= 11 is 0. The summed E-state index contributed by atoms with van der Waals surface area (Å²) in [6.45, 7) is 1.81. The van der Waals surface area contributed by atoms with Crippen molar-refractivity contribution in [3.8, 4) is 23.0 Å². The number of amides is 1. The highest BCUT2D eigenvalue weighted by Gasteiger charge is 2.27. The maximum atomic E-state index is 12.6. The number of fused-ring (bicyclic) bond motifs is 1. The first-order valence-corrected chi connectivity index (χ1v) is 14.5. The SMILES string of the molecule is CN(C)CC=CC(=O)N1CCC(Nc2n[nH]c3nccc(Oc4ccc(Oc5ccccc5)cc4S(N)(=O)=O)c23)C1. The number of H-pyrrole nitrogens is 1. The molecule has 0 spiro atoms. The minimum atomic E-state index is -4.17. The molecule has 1 fully saturated rings. The Bertz CT molecular complexity index is 1670. The first-order valence-electron chi connectivity index (χ1n) is 12.9. The summed E-state index contributed by atoms with van der Waals surface area (Å²) in [7, 11) is -0.286. The molecular weight excluding hydrogens is 546 g/mol. The topological polar surface area (TPSA) is 156 Å². The third-order valence-corrected chi connectivity index (χ3v) is 7.35. The van der Waals surface area contributed by atoms with Crippen LogP contribution < -0.4 is 19.9 Å². The third-order valence-electron chi connectivity index (χ3n) is 6.42. The van der Waals surface area contributed by atoms with E-state index in [1.165, 1.54) is 18.3 Å². The quantitative estimate of drug-likeness (QED) is 0.241. The number of anilines is 1. The number of para-hydroxylation sites is 1. The number of aromatic amines is 1. The Hall–Kier alpha value is -4.46. The van der Waals surface area contributed by atoms with Crippen molar-refractivity contribution in [1.82, 2.24) is 25.0 Å². The lowest BCUT2D eigenvalue weighted by Crippen LogP contribution is -2.30. The maximum Gasteiger partial charge on any atom is 0.246 e. The lowest BCUT2D eigenvalue weighted by molar-refractivity contribution is -0.125. The second-order valence-corrected chi connectivity index (χ2v) is 11.4. The number of carbonyl (C=O) groups is 1. The number of primary sulfonamides is 1. The van der Waals surface area contributed by atoms with Crippen LogP contribution in [0, 0.1) is 0 Å². The molecule has 13 heteroatoms. The number of benzene rings is 2. The van der Waals surface area contributed by atoms with E-state index in [9.17, 15) is 13.2 Å². The second kappa shape index (κ2) is 12.0. The van der Waals surface area contributed by atoms with Gasteiger partial charge in [0.15, 0.2) is 11.5 Å². The molecule has 2 aromatic heterocycles. The van der Waals surface area contributed by atoms with Crippen molar-refractivity contribution in [1.29, 1.82) is 0 Å². The van der Waals surface area contributed by atoms with Crippen molar-refractivity contribution < 1.29 is 22.7 Å². The molecule has 1 aliphatic heterocycles. The van der Waals surface area contributed by atoms with E-state index in [1.54, 1.807) is 35.2 Å². The third kappa shape index (κ3) is 6.82. The molecule has 214 valence electrons. The summed E-state index contributed by atoms with van der Waals surface area (Å²) in [5.74, 6) is 1.62. The number of nitrogens with two attached hydrogens (primary N) is 1. The Balaban J connectivity index is 1.36. The van der Waals surface area contributed by atoms with Gasteiger partial charge >= 0.3 is 0 Å². The molecule has 1 saturated heterocycles. The summed E-state index contributed by atoms with van der Waals surface area (Å²) < 4.78 is 36.9. The molecule has 5 rings (SSSR count). The summed E-state index contributed by atoms with van der Waals surface area (Å²) in [6.07, 6.45) is 5.70. The highest BCUT2D eigenvalue weighted by Crippen LogP contribution is 2.37. The molecule has 0 saturated carbocycles. The number of nitrogens with zero attached hydrogens (tertiary/aromatic N) is 4. The van der Waals surface area contributed by atoms with Crippen molar-refractivity contribution in [2.45, 2.75) is 17.4 Å². The number of sulfonamides is 1. The van der Waals surface area contributed by atoms with Gasteiger partial charge in [-0.05, 0) is 44.8 Å². The minimum Gasteiger partial charge on any atom is -0.457 e. The number of pyridine rings is 1. The largest absolute Gasteiger partial charge is 0.457 e. The van der Waals surface area contributed by atoms with E-state index >= 15 is 0 Å². The number of hydrogen-bond donors (Lipinski definition) is 3. The number of likely N-dealkylation sites (tertiary alicyclic amines) is 1. The fraction of sp³-hybridized carbons (Fsp3) is 0.250. The van der Waals surface area contributed by atoms with Gasteiger partial charge in [-0.3, -0.25) is 9.89 Å². The molecule has 2 aromatic carbocycles. The highest BCUT2D eigenvalue weighted by atomic mass is 32.2. The lowest BCUT2D eigenvalue weighted by atomic mass is 10.2. The van der Waals surface area contributed by atoms with Crippen molar-refractivity contribution in [2.75, 3.05) is 39.0 Å². The minimum absolute atomic E-state index is 0.0229. The molecule has 1 aliphatic rings. The summed E-state index contributed by atoms with van der Waals surface area (Å²) in [5, 5.41) is 16.7. The highest BCUT2D eigenvalue weighted by molar-refractivity contribution is 7.89. The van der Waals surface area contributed by atoms with Crippen molar-refractivity contribution in [3.05, 3.63) is 72.9 Å². The first kappa shape index (κ1) is 28.1. The van der Waals surface area contributed by atoms with E-state index in [0.717, 1.165) is 6.42 Å². The standard InChI is InChI=1S/C28H31N7O5S/c1-34(2)15-6-9-25(36)35-16-13-19(18-35)31-28-26-23(12-14-30-27(26)32-33-28)40-22-11-10-21(17-24(22)41(29,37)38)39-20-7-4-3-5-8-20/h3-12,14,17,19H,13,15-16,18H2,1-2H3,(H2,29,37,38)(H2,30,31,32,33). The molecule has 1 unspecified atom stereocenters. The van der Waals surface area contributed by atoms with Gasteiger partial charge < -0.3 is 24.6 Å². The molecule has 41 heavy (non-hydrogen) atoms. The van der Waals surface area contributed by atoms with Crippen LogP contribution in [0.4, 0.5) is 5.82 Å². The van der Waals surface area contributed by atoms with Crippen LogP contribution in [-0.4, -0.2) is 79.1 Å². The van der Waals surface area contributed by atoms with Gasteiger partial charge in [0.1, 0.15) is 33.3 Å². The van der Waals surface area contributed by atoms with Gasteiger partial charge in [0, 0.05) is 50.1 Å². The summed E-state index contributed by atoms with van der Waals surface area (Å²) in [4.78, 5) is 20.4. The number of ether oxygens (including phenoxy) is 2. The van der Waals surface area contributed by atoms with Crippen LogP contribution >= 0.6 is 0 Å². The molecule has 0 radical (unpaired) electrons. The number of nitrogens with one attached hydrogen (secondary N) is 2. The van der Waals surface area contributed by atoms with Gasteiger partial charge in [0.05, 0.1) is 0 Å². The molecule has 1 amide bonds. The zero-order valence-electron chi connectivity index (χ0n) is 22.6. The first-order chi connectivity index (χ1) is 19.7. The Morgan fingerprint density at radius 2 is 1.95 bits per heavy atom. The van der Waals surface area contributed by atoms with Gasteiger partial charge in [0.2, 0.25) is 15.9 Å². The molecular formula is C28H31N7O5S. The Labute approximate surface area is 237 Å². The van der Waals surface area contributed by atoms with Crippen LogP contribution in [0.3, 0.4) is 0 Å². The van der Waals surface area contributed by atoms with Crippen molar-refractivity contribution in [2.24, 2.45) is 5.14 Å². The number of aromatic nitrogens is 3. The zero-order chi connectivity index (χ0) is 29.0. The van der Waals surface area contributed by atoms with Crippen LogP contribution in [-0.2, 0) is 14.8 Å². The van der Waals surface area contributed by atoms with Crippen LogP contribution in [0.15, 0.2) is 77.8 Å². The molecule has 1 atom stereocenters. The summed E-state index contributed by atoms with van der Waals surface area (Å²) in [6, 6.07) is 14.9. The van der Waals surface area contributed by atoms with Crippen LogP contribution in [0.2, 0.25) is 0 Å². The molecule has 0 bridgehead atoms. The van der Waals surface area contributed by atoms with Gasteiger partial charge in [-0.15, -0.1) is 0 Å². The number of hydrogen-bond acceptors (Lipinski definition) is 9. The molecule has 4 aromatic rings. The average Bonchev–Trinajstić information content (AvgIpc) is 3.57. The predicted octanol–water partition coefficient (Wildman–Crippen LogP) is 3.32. The zero-order valence-corrected chi connectivity index (χ0v) is 23.5. The second-order valence-electron chi connectivity index (χ2n) is 9.85. The molecule has 12 nitrogen and oxygen atoms in total. The van der Waals surface area contributed by atoms with E-state index in [1.807, 2.05) is 43.3 Å². The fourth-order valence-electron chi connectivity index (χ4n) is 4.45. The van der Waals surface area contributed by atoms with Crippen molar-refractivity contribution >= 4 is 32.8 Å². The monoisotopic (exact) mass is 577 g/mol. The van der Waals surface area contributed by atoms with E-state index in [0.29, 0.717) is 48.0 Å². The van der Waals surface area contributed by atoms with Gasteiger partial charge in [0.25, 0.3) is 0 Å². The van der Waals surface area contributed by atoms with Gasteiger partial charge in [-0.1, -0.05) is 24.3 Å². The maximum absolute atomic E-state index is 12.6. The fourth-order valence-corrected chi connectivity index (χ4v) is 5.13. The number of likely N-dealkylation sites (N-methyl/N-ethyl adjacent to an activating group) is 1. The van der Waals surface area contributed by atoms with E-state index in [-0.39, 0.29) is 28.3 Å². The smallest absolute Gasteiger partial charge is 0.246 e. The molecule has 3 heterocycles. The van der Waals surface area contributed by atoms with Crippen LogP contribution in [0.25, 0.3) is 11.0 Å². The van der Waals surface area contributed by atoms with Gasteiger partial charge in [-0.25, -0.2) is 18.5 Å². The Morgan fingerprint density at radius 3 is 2.71 bits per heavy atom.